The molecule has 0 aliphatic rings. The standard InChI is InChI=1S/C16H19N3O3/c1-11-6-3-4-7-14(11)19-12(2)13(10-18-19)16(22)17-9-5-8-15(20)21/h3-4,6-7,10H,5,8-9H2,1-2H3,(H,17,22)(H,20,21). The number of aliphatic carboxylic acids is 1. The number of carbonyl (C=O) groups excluding carboxylic acids is 1. The molecule has 22 heavy (non-hydrogen) atoms. The van der Waals surface area contributed by atoms with Crippen LogP contribution in [-0.2, 0) is 4.79 Å². The number of nitrogens with zero attached hydrogens (tertiary/aromatic N) is 2. The number of hydrogen-bond acceptors (Lipinski definition) is 3. The second-order valence-electron chi connectivity index (χ2n) is 5.10. The number of aryl methyl sites for hydroxylation is 1. The highest BCUT2D eigenvalue weighted by Crippen LogP contribution is 2.17. The Kier molecular flexibility index (Phi) is 4.93. The van der Waals surface area contributed by atoms with E-state index in [2.05, 4.69) is 10.4 Å². The molecule has 0 atom stereocenters. The van der Waals surface area contributed by atoms with Crippen molar-refractivity contribution in [1.82, 2.24) is 15.1 Å². The highest BCUT2D eigenvalue weighted by atomic mass is 16.4. The Hall–Kier alpha value is -2.63. The molecule has 6 heteroatoms. The monoisotopic (exact) mass is 301 g/mol. The normalized spacial score (nSPS) is 10.5. The van der Waals surface area contributed by atoms with Crippen molar-refractivity contribution < 1.29 is 14.7 Å². The van der Waals surface area contributed by atoms with Gasteiger partial charge in [0.2, 0.25) is 0 Å². The molecular weight excluding hydrogens is 282 g/mol. The molecule has 0 unspecified atom stereocenters. The van der Waals surface area contributed by atoms with Crippen molar-refractivity contribution in [2.24, 2.45) is 0 Å². The van der Waals surface area contributed by atoms with Crippen molar-refractivity contribution in [1.29, 1.82) is 0 Å². The highest BCUT2D eigenvalue weighted by molar-refractivity contribution is 5.95. The van der Waals surface area contributed by atoms with Gasteiger partial charge < -0.3 is 10.4 Å². The summed E-state index contributed by atoms with van der Waals surface area (Å²) in [4.78, 5) is 22.6. The van der Waals surface area contributed by atoms with Crippen molar-refractivity contribution in [3.63, 3.8) is 0 Å². The fraction of sp³-hybridized carbons (Fsp3) is 0.312. The Balaban J connectivity index is 2.09. The number of benzene rings is 1. The Labute approximate surface area is 128 Å². The molecule has 1 heterocycles. The molecule has 6 nitrogen and oxygen atoms in total. The number of amides is 1. The van der Waals surface area contributed by atoms with Crippen LogP contribution in [0.4, 0.5) is 0 Å². The van der Waals surface area contributed by atoms with E-state index in [4.69, 9.17) is 5.11 Å². The van der Waals surface area contributed by atoms with Crippen LogP contribution in [0.15, 0.2) is 30.5 Å². The van der Waals surface area contributed by atoms with Crippen molar-refractivity contribution in [2.45, 2.75) is 26.7 Å². The summed E-state index contributed by atoms with van der Waals surface area (Å²) in [7, 11) is 0. The van der Waals surface area contributed by atoms with Gasteiger partial charge in [-0.05, 0) is 31.9 Å². The van der Waals surface area contributed by atoms with Gasteiger partial charge in [0.15, 0.2) is 0 Å². The second kappa shape index (κ2) is 6.89. The molecule has 1 aromatic carbocycles. The van der Waals surface area contributed by atoms with Crippen LogP contribution in [0.1, 0.15) is 34.5 Å². The van der Waals surface area contributed by atoms with Gasteiger partial charge in [0.1, 0.15) is 0 Å². The molecule has 0 aliphatic heterocycles. The summed E-state index contributed by atoms with van der Waals surface area (Å²) >= 11 is 0. The average Bonchev–Trinajstić information content (AvgIpc) is 2.85. The lowest BCUT2D eigenvalue weighted by Gasteiger charge is -2.08. The third kappa shape index (κ3) is 3.52. The molecule has 0 spiro atoms. The first-order valence-electron chi connectivity index (χ1n) is 7.11. The summed E-state index contributed by atoms with van der Waals surface area (Å²) < 4.78 is 1.74. The summed E-state index contributed by atoms with van der Waals surface area (Å²) in [6.45, 7) is 4.16. The zero-order valence-electron chi connectivity index (χ0n) is 12.7. The average molecular weight is 301 g/mol. The van der Waals surface area contributed by atoms with Crippen molar-refractivity contribution in [3.05, 3.63) is 47.3 Å². The van der Waals surface area contributed by atoms with E-state index in [1.165, 1.54) is 6.20 Å². The van der Waals surface area contributed by atoms with Crippen LogP contribution in [0.2, 0.25) is 0 Å². The molecule has 0 saturated carbocycles. The van der Waals surface area contributed by atoms with Gasteiger partial charge in [-0.3, -0.25) is 9.59 Å². The van der Waals surface area contributed by atoms with Gasteiger partial charge in [-0.1, -0.05) is 18.2 Å². The second-order valence-corrected chi connectivity index (χ2v) is 5.10. The quantitative estimate of drug-likeness (QED) is 0.800. The van der Waals surface area contributed by atoms with Gasteiger partial charge in [0.25, 0.3) is 5.91 Å². The fourth-order valence-electron chi connectivity index (χ4n) is 2.21. The Morgan fingerprint density at radius 1 is 1.27 bits per heavy atom. The molecule has 1 aromatic heterocycles. The van der Waals surface area contributed by atoms with Crippen molar-refractivity contribution >= 4 is 11.9 Å². The minimum absolute atomic E-state index is 0.0434. The van der Waals surface area contributed by atoms with E-state index in [1.54, 1.807) is 4.68 Å². The number of hydrogen-bond donors (Lipinski definition) is 2. The molecule has 0 aliphatic carbocycles. The Morgan fingerprint density at radius 2 is 2.00 bits per heavy atom. The Morgan fingerprint density at radius 3 is 2.68 bits per heavy atom. The van der Waals surface area contributed by atoms with E-state index in [-0.39, 0.29) is 12.3 Å². The van der Waals surface area contributed by atoms with E-state index in [0.29, 0.717) is 18.5 Å². The van der Waals surface area contributed by atoms with Crippen LogP contribution >= 0.6 is 0 Å². The highest BCUT2D eigenvalue weighted by Gasteiger charge is 2.15. The molecule has 116 valence electrons. The first kappa shape index (κ1) is 15.8. The summed E-state index contributed by atoms with van der Waals surface area (Å²) in [5, 5.41) is 15.6. The molecule has 0 radical (unpaired) electrons. The van der Waals surface area contributed by atoms with Gasteiger partial charge in [-0.15, -0.1) is 0 Å². The van der Waals surface area contributed by atoms with Crippen molar-refractivity contribution in [2.75, 3.05) is 6.54 Å². The van der Waals surface area contributed by atoms with E-state index in [1.807, 2.05) is 38.1 Å². The number of carbonyl (C=O) groups is 2. The maximum Gasteiger partial charge on any atom is 0.303 e. The summed E-state index contributed by atoms with van der Waals surface area (Å²) in [5.74, 6) is -1.10. The predicted molar refractivity (Wildman–Crippen MR) is 82.2 cm³/mol. The molecule has 0 saturated heterocycles. The number of para-hydroxylation sites is 1. The molecule has 2 rings (SSSR count). The first-order valence-corrected chi connectivity index (χ1v) is 7.11. The van der Waals surface area contributed by atoms with Crippen LogP contribution in [0, 0.1) is 13.8 Å². The van der Waals surface area contributed by atoms with Crippen LogP contribution in [0.3, 0.4) is 0 Å². The van der Waals surface area contributed by atoms with Gasteiger partial charge in [0, 0.05) is 13.0 Å². The number of nitrogens with one attached hydrogen (secondary N) is 1. The number of carboxylic acids is 1. The topological polar surface area (TPSA) is 84.2 Å². The maximum atomic E-state index is 12.1. The van der Waals surface area contributed by atoms with E-state index < -0.39 is 5.97 Å². The first-order chi connectivity index (χ1) is 10.5. The minimum Gasteiger partial charge on any atom is -0.481 e. The number of aromatic nitrogens is 2. The zero-order valence-corrected chi connectivity index (χ0v) is 12.7. The lowest BCUT2D eigenvalue weighted by Crippen LogP contribution is -2.25. The number of rotatable bonds is 6. The molecular formula is C16H19N3O3. The van der Waals surface area contributed by atoms with E-state index >= 15 is 0 Å². The van der Waals surface area contributed by atoms with E-state index in [9.17, 15) is 9.59 Å². The van der Waals surface area contributed by atoms with Crippen molar-refractivity contribution in [3.8, 4) is 5.69 Å². The molecule has 1 amide bonds. The van der Waals surface area contributed by atoms with Gasteiger partial charge >= 0.3 is 5.97 Å². The number of carboxylic acid groups (broad SMARTS) is 1. The van der Waals surface area contributed by atoms with Crippen LogP contribution in [0.25, 0.3) is 5.69 Å². The van der Waals surface area contributed by atoms with Gasteiger partial charge in [-0.25, -0.2) is 4.68 Å². The van der Waals surface area contributed by atoms with E-state index in [0.717, 1.165) is 16.9 Å². The Bertz CT molecular complexity index is 692. The van der Waals surface area contributed by atoms with Crippen LogP contribution in [-0.4, -0.2) is 33.3 Å². The molecule has 2 aromatic rings. The fourth-order valence-corrected chi connectivity index (χ4v) is 2.21. The smallest absolute Gasteiger partial charge is 0.303 e. The molecule has 2 N–H and O–H groups in total. The predicted octanol–water partition coefficient (Wildman–Crippen LogP) is 2.08. The van der Waals surface area contributed by atoms with Crippen LogP contribution in [0.5, 0.6) is 0 Å². The SMILES string of the molecule is Cc1ccccc1-n1ncc(C(=O)NCCCC(=O)O)c1C. The third-order valence-electron chi connectivity index (χ3n) is 3.45. The van der Waals surface area contributed by atoms with Gasteiger partial charge in [-0.2, -0.15) is 5.10 Å². The molecule has 0 fully saturated rings. The summed E-state index contributed by atoms with van der Waals surface area (Å²) in [6.07, 6.45) is 1.99. The third-order valence-corrected chi connectivity index (χ3v) is 3.45. The molecule has 0 bridgehead atoms. The van der Waals surface area contributed by atoms with Gasteiger partial charge in [0.05, 0.1) is 23.1 Å². The minimum atomic E-state index is -0.863. The zero-order chi connectivity index (χ0) is 16.1. The maximum absolute atomic E-state index is 12.1. The lowest BCUT2D eigenvalue weighted by molar-refractivity contribution is -0.137. The summed E-state index contributed by atoms with van der Waals surface area (Å²) in [6, 6.07) is 7.81. The largest absolute Gasteiger partial charge is 0.481 e. The lowest BCUT2D eigenvalue weighted by atomic mass is 10.2. The van der Waals surface area contributed by atoms with Crippen LogP contribution < -0.4 is 5.32 Å². The summed E-state index contributed by atoms with van der Waals surface area (Å²) in [5.41, 5.74) is 3.26.